The zero-order valence-corrected chi connectivity index (χ0v) is 36.3. The largest absolute Gasteiger partial charge is 1.00 e. The molecule has 0 atom stereocenters. The topological polar surface area (TPSA) is 191 Å². The summed E-state index contributed by atoms with van der Waals surface area (Å²) < 4.78 is 87.0. The number of hydrogen-bond donors (Lipinski definition) is 2. The summed E-state index contributed by atoms with van der Waals surface area (Å²) in [5, 5.41) is 6.51. The Hall–Kier alpha value is -3.74. The van der Waals surface area contributed by atoms with Crippen LogP contribution in [-0.4, -0.2) is 37.5 Å². The van der Waals surface area contributed by atoms with Crippen LogP contribution in [0.5, 0.6) is 23.0 Å². The van der Waals surface area contributed by atoms with Gasteiger partial charge in [0.1, 0.15) is 31.7 Å². The number of benzene rings is 6. The molecule has 6 aromatic rings. The number of rotatable bonds is 10. The maximum absolute atomic E-state index is 14.3. The normalized spacial score (nSPS) is 12.0. The SMILES string of the molecule is O=C1c2ccccc2C(=O)c2c(Nc3c(Oc4ccc(Cl)cc4)cccc3S(=O)(=O)[O-])ccc(Nc3c(Oc4ccc(Cl)cc4)cccc3S(=O)(=O)[O-])c21.[Na+].[Na+]. The quantitative estimate of drug-likeness (QED) is 0.152. The summed E-state index contributed by atoms with van der Waals surface area (Å²) in [6.45, 7) is 0. The number of hydrogen-bond acceptors (Lipinski definition) is 12. The van der Waals surface area contributed by atoms with Crippen molar-refractivity contribution in [2.75, 3.05) is 10.6 Å². The van der Waals surface area contributed by atoms with E-state index in [1.807, 2.05) is 0 Å². The third-order valence-corrected chi connectivity index (χ3v) is 10.5. The summed E-state index contributed by atoms with van der Waals surface area (Å²) in [6, 6.07) is 28.2. The first kappa shape index (κ1) is 43.4. The van der Waals surface area contributed by atoms with Gasteiger partial charge in [-0.1, -0.05) is 59.6 Å². The number of halogens is 2. The van der Waals surface area contributed by atoms with E-state index in [0.29, 0.717) is 10.0 Å². The van der Waals surface area contributed by atoms with E-state index in [0.717, 1.165) is 12.1 Å². The van der Waals surface area contributed by atoms with Crippen LogP contribution in [0.1, 0.15) is 31.8 Å². The molecule has 0 aliphatic heterocycles. The molecule has 56 heavy (non-hydrogen) atoms. The summed E-state index contributed by atoms with van der Waals surface area (Å²) in [5.74, 6) is -1.13. The van der Waals surface area contributed by atoms with Crippen LogP contribution < -0.4 is 79.2 Å². The van der Waals surface area contributed by atoms with Crippen molar-refractivity contribution in [3.63, 3.8) is 0 Å². The second-order valence-corrected chi connectivity index (χ2v) is 15.2. The van der Waals surface area contributed by atoms with Crippen molar-refractivity contribution in [2.24, 2.45) is 0 Å². The molecule has 0 unspecified atom stereocenters. The van der Waals surface area contributed by atoms with Crippen molar-refractivity contribution in [1.82, 2.24) is 0 Å². The van der Waals surface area contributed by atoms with Gasteiger partial charge in [-0.2, -0.15) is 0 Å². The predicted molar refractivity (Wildman–Crippen MR) is 198 cm³/mol. The Labute approximate surface area is 375 Å². The minimum atomic E-state index is -5.16. The summed E-state index contributed by atoms with van der Waals surface area (Å²) >= 11 is 12.0. The molecule has 0 saturated heterocycles. The van der Waals surface area contributed by atoms with Crippen LogP contribution in [0.25, 0.3) is 0 Å². The van der Waals surface area contributed by atoms with Gasteiger partial charge in [-0.05, 0) is 84.9 Å². The van der Waals surface area contributed by atoms with Gasteiger partial charge in [0.2, 0.25) is 0 Å². The average molecular weight is 848 g/mol. The van der Waals surface area contributed by atoms with E-state index in [1.54, 1.807) is 12.1 Å². The van der Waals surface area contributed by atoms with Crippen LogP contribution in [0.3, 0.4) is 0 Å². The van der Waals surface area contributed by atoms with Gasteiger partial charge in [0, 0.05) is 21.2 Å². The molecule has 7 rings (SSSR count). The van der Waals surface area contributed by atoms with E-state index in [-0.39, 0.29) is 127 Å². The van der Waals surface area contributed by atoms with Crippen LogP contribution in [0.2, 0.25) is 10.0 Å². The molecule has 0 amide bonds. The first-order chi connectivity index (χ1) is 25.7. The summed E-state index contributed by atoms with van der Waals surface area (Å²) in [5.41, 5.74) is -1.38. The molecular formula is C38H22Cl2N2Na2O10S2. The zero-order chi connectivity index (χ0) is 38.4. The fourth-order valence-corrected chi connectivity index (χ4v) is 7.36. The van der Waals surface area contributed by atoms with Crippen molar-refractivity contribution in [2.45, 2.75) is 9.79 Å². The predicted octanol–water partition coefficient (Wildman–Crippen LogP) is 2.66. The summed E-state index contributed by atoms with van der Waals surface area (Å²) in [6.07, 6.45) is 0. The smallest absolute Gasteiger partial charge is 0.744 e. The van der Waals surface area contributed by atoms with E-state index in [9.17, 15) is 35.5 Å². The van der Waals surface area contributed by atoms with Crippen molar-refractivity contribution in [3.8, 4) is 23.0 Å². The standard InChI is InChI=1S/C38H24Cl2N2O10S2.2Na/c39-21-11-15-23(16-12-21)51-29-7-3-9-31(53(45,46)47)35(29)41-27-19-20-28(34-33(27)37(43)25-5-1-2-6-26(25)38(34)44)42-36-30(8-4-10-32(36)54(48,49)50)52-24-17-13-22(40)14-18-24;;/h1-20,41-42H,(H,45,46,47)(H,48,49,50);;/q;2*+1/p-2. The number of para-hydroxylation sites is 2. The van der Waals surface area contributed by atoms with Crippen LogP contribution >= 0.6 is 23.2 Å². The van der Waals surface area contributed by atoms with E-state index in [2.05, 4.69) is 10.6 Å². The number of carbonyl (C=O) groups excluding carboxylic acids is 2. The fourth-order valence-electron chi connectivity index (χ4n) is 5.81. The molecule has 0 bridgehead atoms. The van der Waals surface area contributed by atoms with Gasteiger partial charge < -0.3 is 29.2 Å². The molecule has 1 aliphatic carbocycles. The first-order valence-corrected chi connectivity index (χ1v) is 19.2. The second-order valence-electron chi connectivity index (χ2n) is 11.6. The van der Waals surface area contributed by atoms with Gasteiger partial charge in [-0.25, -0.2) is 16.8 Å². The first-order valence-electron chi connectivity index (χ1n) is 15.6. The molecule has 6 aromatic carbocycles. The van der Waals surface area contributed by atoms with Gasteiger partial charge in [0.05, 0.1) is 43.7 Å². The monoisotopic (exact) mass is 846 g/mol. The van der Waals surface area contributed by atoms with Crippen molar-refractivity contribution in [1.29, 1.82) is 0 Å². The third kappa shape index (κ3) is 9.02. The Morgan fingerprint density at radius 3 is 1.18 bits per heavy atom. The minimum absolute atomic E-state index is 0. The van der Waals surface area contributed by atoms with Gasteiger partial charge in [-0.15, -0.1) is 0 Å². The average Bonchev–Trinajstić information content (AvgIpc) is 3.13. The molecule has 0 saturated carbocycles. The maximum atomic E-state index is 14.3. The van der Waals surface area contributed by atoms with E-state index in [4.69, 9.17) is 32.7 Å². The summed E-state index contributed by atoms with van der Waals surface area (Å²) in [4.78, 5) is 27.1. The molecule has 12 nitrogen and oxygen atoms in total. The molecule has 0 aromatic heterocycles. The molecule has 0 spiro atoms. The number of anilines is 4. The third-order valence-electron chi connectivity index (χ3n) is 8.19. The van der Waals surface area contributed by atoms with Gasteiger partial charge in [-0.3, -0.25) is 9.59 Å². The van der Waals surface area contributed by atoms with E-state index in [1.165, 1.54) is 97.1 Å². The Kier molecular flexibility index (Phi) is 13.5. The number of nitrogens with one attached hydrogen (secondary N) is 2. The van der Waals surface area contributed by atoms with Crippen molar-refractivity contribution >= 4 is 77.8 Å². The number of ether oxygens (including phenoxy) is 2. The number of fused-ring (bicyclic) bond motifs is 2. The molecule has 1 aliphatic rings. The molecule has 18 heteroatoms. The molecule has 0 heterocycles. The molecule has 0 radical (unpaired) electrons. The van der Waals surface area contributed by atoms with Crippen LogP contribution in [0.15, 0.2) is 131 Å². The van der Waals surface area contributed by atoms with Crippen molar-refractivity contribution in [3.05, 3.63) is 154 Å². The fraction of sp³-hybridized carbons (Fsp3) is 0. The minimum Gasteiger partial charge on any atom is -0.744 e. The number of carbonyl (C=O) groups is 2. The Bertz CT molecular complexity index is 2550. The molecular weight excluding hydrogens is 825 g/mol. The van der Waals surface area contributed by atoms with Gasteiger partial charge >= 0.3 is 59.1 Å². The Balaban J connectivity index is 0.00000300. The molecule has 2 N–H and O–H groups in total. The van der Waals surface area contributed by atoms with Crippen LogP contribution in [0, 0.1) is 0 Å². The van der Waals surface area contributed by atoms with Gasteiger partial charge in [0.15, 0.2) is 23.1 Å². The molecule has 272 valence electrons. The maximum Gasteiger partial charge on any atom is 1.00 e. The van der Waals surface area contributed by atoms with Crippen LogP contribution in [0.4, 0.5) is 22.7 Å². The Morgan fingerprint density at radius 2 is 0.839 bits per heavy atom. The summed E-state index contributed by atoms with van der Waals surface area (Å²) in [7, 11) is -10.3. The van der Waals surface area contributed by atoms with E-state index >= 15 is 0 Å². The Morgan fingerprint density at radius 1 is 0.482 bits per heavy atom. The number of ketones is 2. The van der Waals surface area contributed by atoms with Gasteiger partial charge in [0.25, 0.3) is 0 Å². The van der Waals surface area contributed by atoms with Crippen LogP contribution in [-0.2, 0) is 20.2 Å². The zero-order valence-electron chi connectivity index (χ0n) is 29.2. The van der Waals surface area contributed by atoms with E-state index < -0.39 is 41.6 Å². The van der Waals surface area contributed by atoms with Crippen molar-refractivity contribution < 1.29 is 104 Å². The molecule has 0 fully saturated rings. The second kappa shape index (κ2) is 17.4.